The van der Waals surface area contributed by atoms with Gasteiger partial charge < -0.3 is 10.3 Å². The number of pyridine rings is 1. The van der Waals surface area contributed by atoms with Crippen LogP contribution in [0.2, 0.25) is 0 Å². The molecule has 0 amide bonds. The van der Waals surface area contributed by atoms with Crippen LogP contribution < -0.4 is 10.9 Å². The van der Waals surface area contributed by atoms with Crippen LogP contribution in [0.4, 0.5) is 5.82 Å². The summed E-state index contributed by atoms with van der Waals surface area (Å²) in [6.45, 7) is 8.20. The second kappa shape index (κ2) is 6.48. The summed E-state index contributed by atoms with van der Waals surface area (Å²) in [5, 5.41) is 3.36. The molecule has 0 saturated heterocycles. The standard InChI is InChI=1S/C12H18N2O.C2H6/c1-8(2)9-6-11(14-12(15)7-9)13-10-4-3-5-10;1-2/h6-8,10H,3-5H2,1-2H3,(H2,13,14,15);1-2H3. The van der Waals surface area contributed by atoms with E-state index in [-0.39, 0.29) is 5.56 Å². The van der Waals surface area contributed by atoms with E-state index in [2.05, 4.69) is 24.1 Å². The highest BCUT2D eigenvalue weighted by atomic mass is 16.1. The van der Waals surface area contributed by atoms with Crippen LogP contribution in [0.25, 0.3) is 0 Å². The summed E-state index contributed by atoms with van der Waals surface area (Å²) in [6, 6.07) is 4.28. The number of aromatic amines is 1. The lowest BCUT2D eigenvalue weighted by molar-refractivity contribution is 0.444. The van der Waals surface area contributed by atoms with Crippen molar-refractivity contribution in [3.05, 3.63) is 28.0 Å². The predicted octanol–water partition coefficient (Wildman–Crippen LogP) is 3.49. The number of hydrogen-bond acceptors (Lipinski definition) is 2. The van der Waals surface area contributed by atoms with E-state index < -0.39 is 0 Å². The van der Waals surface area contributed by atoms with E-state index in [9.17, 15) is 4.79 Å². The van der Waals surface area contributed by atoms with E-state index in [0.29, 0.717) is 12.0 Å². The summed E-state index contributed by atoms with van der Waals surface area (Å²) in [5.41, 5.74) is 1.09. The zero-order valence-corrected chi connectivity index (χ0v) is 11.3. The van der Waals surface area contributed by atoms with Crippen LogP contribution >= 0.6 is 0 Å². The molecule has 0 bridgehead atoms. The van der Waals surface area contributed by atoms with Gasteiger partial charge in [0.05, 0.1) is 0 Å². The van der Waals surface area contributed by atoms with E-state index in [1.54, 1.807) is 6.07 Å². The molecule has 0 aliphatic heterocycles. The zero-order chi connectivity index (χ0) is 12.8. The molecular weight excluding hydrogens is 212 g/mol. The van der Waals surface area contributed by atoms with Gasteiger partial charge in [0.15, 0.2) is 0 Å². The highest BCUT2D eigenvalue weighted by Gasteiger charge is 2.17. The van der Waals surface area contributed by atoms with Gasteiger partial charge in [-0.1, -0.05) is 27.7 Å². The molecule has 3 heteroatoms. The van der Waals surface area contributed by atoms with Crippen molar-refractivity contribution in [2.75, 3.05) is 5.32 Å². The second-order valence-electron chi connectivity index (χ2n) is 4.62. The Bertz CT molecular complexity index is 391. The minimum absolute atomic E-state index is 0.0111. The van der Waals surface area contributed by atoms with Crippen LogP contribution in [0.3, 0.4) is 0 Å². The van der Waals surface area contributed by atoms with E-state index in [4.69, 9.17) is 0 Å². The molecule has 96 valence electrons. The number of aromatic nitrogens is 1. The Morgan fingerprint density at radius 2 is 1.94 bits per heavy atom. The van der Waals surface area contributed by atoms with E-state index in [1.807, 2.05) is 19.9 Å². The molecule has 1 saturated carbocycles. The van der Waals surface area contributed by atoms with Gasteiger partial charge in [0, 0.05) is 12.1 Å². The van der Waals surface area contributed by atoms with E-state index in [1.165, 1.54) is 19.3 Å². The molecule has 2 rings (SSSR count). The van der Waals surface area contributed by atoms with Crippen LogP contribution in [-0.4, -0.2) is 11.0 Å². The molecule has 0 spiro atoms. The maximum atomic E-state index is 11.4. The van der Waals surface area contributed by atoms with Gasteiger partial charge in [-0.15, -0.1) is 0 Å². The minimum Gasteiger partial charge on any atom is -0.369 e. The van der Waals surface area contributed by atoms with Gasteiger partial charge in [0.2, 0.25) is 5.56 Å². The molecule has 17 heavy (non-hydrogen) atoms. The summed E-state index contributed by atoms with van der Waals surface area (Å²) in [5.74, 6) is 1.27. The minimum atomic E-state index is -0.0111. The first-order valence-electron chi connectivity index (χ1n) is 6.66. The molecule has 0 radical (unpaired) electrons. The van der Waals surface area contributed by atoms with Gasteiger partial charge >= 0.3 is 0 Å². The summed E-state index contributed by atoms with van der Waals surface area (Å²) >= 11 is 0. The van der Waals surface area contributed by atoms with Crippen LogP contribution in [0.1, 0.15) is 58.4 Å². The van der Waals surface area contributed by atoms with Crippen LogP contribution in [0.5, 0.6) is 0 Å². The van der Waals surface area contributed by atoms with Gasteiger partial charge in [-0.2, -0.15) is 0 Å². The third-order valence-electron chi connectivity index (χ3n) is 3.00. The summed E-state index contributed by atoms with van der Waals surface area (Å²) in [4.78, 5) is 14.2. The number of nitrogens with one attached hydrogen (secondary N) is 2. The Labute approximate surface area is 104 Å². The topological polar surface area (TPSA) is 44.9 Å². The molecular formula is C14H24N2O. The third-order valence-corrected chi connectivity index (χ3v) is 3.00. The van der Waals surface area contributed by atoms with Gasteiger partial charge in [-0.05, 0) is 36.8 Å². The zero-order valence-electron chi connectivity index (χ0n) is 11.3. The first-order chi connectivity index (χ1) is 8.15. The highest BCUT2D eigenvalue weighted by Crippen LogP contribution is 2.23. The van der Waals surface area contributed by atoms with Crippen LogP contribution in [-0.2, 0) is 0 Å². The van der Waals surface area contributed by atoms with Crippen molar-refractivity contribution in [3.8, 4) is 0 Å². The van der Waals surface area contributed by atoms with Crippen LogP contribution in [0.15, 0.2) is 16.9 Å². The molecule has 1 aromatic rings. The molecule has 2 N–H and O–H groups in total. The lowest BCUT2D eigenvalue weighted by Crippen LogP contribution is -2.28. The fourth-order valence-corrected chi connectivity index (χ4v) is 1.75. The van der Waals surface area contributed by atoms with Crippen molar-refractivity contribution in [2.45, 2.75) is 58.9 Å². The smallest absolute Gasteiger partial charge is 0.249 e. The van der Waals surface area contributed by atoms with Gasteiger partial charge in [0.25, 0.3) is 0 Å². The third kappa shape index (κ3) is 3.91. The van der Waals surface area contributed by atoms with Crippen molar-refractivity contribution in [1.29, 1.82) is 0 Å². The SMILES string of the molecule is CC.CC(C)c1cc(NC2CCC2)[nH]c(=O)c1. The molecule has 1 heterocycles. The largest absolute Gasteiger partial charge is 0.369 e. The molecule has 1 aliphatic carbocycles. The quantitative estimate of drug-likeness (QED) is 0.843. The molecule has 3 nitrogen and oxygen atoms in total. The number of hydrogen-bond donors (Lipinski definition) is 2. The number of anilines is 1. The Kier molecular flexibility index (Phi) is 5.26. The Morgan fingerprint density at radius 3 is 2.41 bits per heavy atom. The van der Waals surface area contributed by atoms with Crippen molar-refractivity contribution in [1.82, 2.24) is 4.98 Å². The molecule has 0 unspecified atom stereocenters. The van der Waals surface area contributed by atoms with Crippen LogP contribution in [0, 0.1) is 0 Å². The van der Waals surface area contributed by atoms with E-state index >= 15 is 0 Å². The Hall–Kier alpha value is -1.25. The second-order valence-corrected chi connectivity index (χ2v) is 4.62. The first-order valence-corrected chi connectivity index (χ1v) is 6.66. The number of rotatable bonds is 3. The molecule has 1 aliphatic rings. The van der Waals surface area contributed by atoms with Gasteiger partial charge in [-0.3, -0.25) is 4.79 Å². The Morgan fingerprint density at radius 1 is 1.29 bits per heavy atom. The summed E-state index contributed by atoms with van der Waals surface area (Å²) in [6.07, 6.45) is 3.73. The Balaban J connectivity index is 0.000000686. The predicted molar refractivity (Wildman–Crippen MR) is 73.8 cm³/mol. The molecule has 0 atom stereocenters. The van der Waals surface area contributed by atoms with E-state index in [0.717, 1.165) is 11.4 Å². The summed E-state index contributed by atoms with van der Waals surface area (Å²) in [7, 11) is 0. The van der Waals surface area contributed by atoms with Crippen molar-refractivity contribution in [3.63, 3.8) is 0 Å². The molecule has 0 aromatic carbocycles. The number of H-pyrrole nitrogens is 1. The lowest BCUT2D eigenvalue weighted by atomic mass is 9.93. The fourth-order valence-electron chi connectivity index (χ4n) is 1.75. The van der Waals surface area contributed by atoms with Crippen molar-refractivity contribution in [2.24, 2.45) is 0 Å². The monoisotopic (exact) mass is 236 g/mol. The fraction of sp³-hybridized carbons (Fsp3) is 0.643. The first kappa shape index (κ1) is 13.8. The maximum Gasteiger partial charge on any atom is 0.249 e. The normalized spacial score (nSPS) is 14.9. The molecule has 1 fully saturated rings. The van der Waals surface area contributed by atoms with Gasteiger partial charge in [-0.25, -0.2) is 0 Å². The maximum absolute atomic E-state index is 11.4. The summed E-state index contributed by atoms with van der Waals surface area (Å²) < 4.78 is 0. The average Bonchev–Trinajstić information content (AvgIpc) is 2.25. The lowest BCUT2D eigenvalue weighted by Gasteiger charge is -2.27. The molecule has 1 aromatic heterocycles. The van der Waals surface area contributed by atoms with Crippen molar-refractivity contribution < 1.29 is 0 Å². The van der Waals surface area contributed by atoms with Gasteiger partial charge in [0.1, 0.15) is 5.82 Å². The van der Waals surface area contributed by atoms with Crippen molar-refractivity contribution >= 4 is 5.82 Å². The average molecular weight is 236 g/mol. The highest BCUT2D eigenvalue weighted by molar-refractivity contribution is 5.39.